The summed E-state index contributed by atoms with van der Waals surface area (Å²) in [5.74, 6) is 0.564. The molecule has 0 aromatic carbocycles. The number of aromatic nitrogens is 2. The molecule has 138 valence electrons. The van der Waals surface area contributed by atoms with Gasteiger partial charge >= 0.3 is 12.1 Å². The first-order valence-corrected chi connectivity index (χ1v) is 9.04. The number of nitrogens with zero attached hydrogens (tertiary/aromatic N) is 4. The van der Waals surface area contributed by atoms with Gasteiger partial charge in [0, 0.05) is 37.2 Å². The SMILES string of the molecule is CC(C)(C)OC(=O)N1CCC(c2nnc(N3CC(S)CC3=O)o2)CC1. The topological polar surface area (TPSA) is 88.8 Å². The molecular formula is C16H24N4O4S. The van der Waals surface area contributed by atoms with E-state index in [9.17, 15) is 9.59 Å². The molecule has 0 saturated carbocycles. The molecule has 1 unspecified atom stereocenters. The van der Waals surface area contributed by atoms with E-state index in [1.165, 1.54) is 4.90 Å². The number of amides is 2. The minimum absolute atomic E-state index is 0.0000764. The van der Waals surface area contributed by atoms with Gasteiger partial charge in [-0.1, -0.05) is 5.10 Å². The third-order valence-electron chi connectivity index (χ3n) is 4.26. The van der Waals surface area contributed by atoms with Gasteiger partial charge in [0.25, 0.3) is 0 Å². The van der Waals surface area contributed by atoms with E-state index >= 15 is 0 Å². The average Bonchev–Trinajstić information content (AvgIpc) is 3.12. The lowest BCUT2D eigenvalue weighted by atomic mass is 9.97. The number of anilines is 1. The highest BCUT2D eigenvalue weighted by Crippen LogP contribution is 2.30. The van der Waals surface area contributed by atoms with Crippen molar-refractivity contribution in [2.24, 2.45) is 0 Å². The second kappa shape index (κ2) is 6.86. The highest BCUT2D eigenvalue weighted by atomic mass is 32.1. The average molecular weight is 368 g/mol. The van der Waals surface area contributed by atoms with Gasteiger partial charge in [-0.15, -0.1) is 5.10 Å². The van der Waals surface area contributed by atoms with Crippen LogP contribution >= 0.6 is 12.6 Å². The van der Waals surface area contributed by atoms with Crippen LogP contribution in [0.1, 0.15) is 51.8 Å². The van der Waals surface area contributed by atoms with Gasteiger partial charge in [0.05, 0.1) is 0 Å². The largest absolute Gasteiger partial charge is 0.444 e. The van der Waals surface area contributed by atoms with Crippen LogP contribution in [0.4, 0.5) is 10.8 Å². The number of piperidine rings is 1. The molecule has 2 aliphatic heterocycles. The van der Waals surface area contributed by atoms with Crippen LogP contribution in [0.15, 0.2) is 4.42 Å². The first-order chi connectivity index (χ1) is 11.7. The summed E-state index contributed by atoms with van der Waals surface area (Å²) in [6.45, 7) is 7.21. The summed E-state index contributed by atoms with van der Waals surface area (Å²) in [6, 6.07) is 0.242. The van der Waals surface area contributed by atoms with Crippen LogP contribution in [-0.2, 0) is 9.53 Å². The Morgan fingerprint density at radius 3 is 2.52 bits per heavy atom. The van der Waals surface area contributed by atoms with E-state index in [4.69, 9.17) is 9.15 Å². The molecule has 2 amide bonds. The summed E-state index contributed by atoms with van der Waals surface area (Å²) in [4.78, 5) is 27.2. The predicted molar refractivity (Wildman–Crippen MR) is 93.8 cm³/mol. The monoisotopic (exact) mass is 368 g/mol. The lowest BCUT2D eigenvalue weighted by molar-refractivity contribution is -0.117. The highest BCUT2D eigenvalue weighted by molar-refractivity contribution is 7.81. The first-order valence-electron chi connectivity index (χ1n) is 8.52. The number of ether oxygens (including phenoxy) is 1. The van der Waals surface area contributed by atoms with Crippen LogP contribution < -0.4 is 4.90 Å². The lowest BCUT2D eigenvalue weighted by Gasteiger charge is -2.32. The van der Waals surface area contributed by atoms with E-state index in [0.717, 1.165) is 12.8 Å². The first kappa shape index (κ1) is 18.0. The number of carbonyl (C=O) groups is 2. The maximum Gasteiger partial charge on any atom is 0.410 e. The second-order valence-electron chi connectivity index (χ2n) is 7.53. The Balaban J connectivity index is 1.57. The van der Waals surface area contributed by atoms with Crippen molar-refractivity contribution < 1.29 is 18.7 Å². The van der Waals surface area contributed by atoms with Crippen molar-refractivity contribution in [1.29, 1.82) is 0 Å². The molecule has 1 aromatic heterocycles. The molecule has 3 rings (SSSR count). The van der Waals surface area contributed by atoms with Gasteiger partial charge in [-0.05, 0) is 33.6 Å². The van der Waals surface area contributed by atoms with Crippen LogP contribution in [-0.4, -0.2) is 57.6 Å². The fraction of sp³-hybridized carbons (Fsp3) is 0.750. The summed E-state index contributed by atoms with van der Waals surface area (Å²) < 4.78 is 11.1. The van der Waals surface area contributed by atoms with Crippen molar-refractivity contribution in [3.05, 3.63) is 5.89 Å². The summed E-state index contributed by atoms with van der Waals surface area (Å²) >= 11 is 4.33. The van der Waals surface area contributed by atoms with E-state index in [2.05, 4.69) is 22.8 Å². The molecule has 25 heavy (non-hydrogen) atoms. The van der Waals surface area contributed by atoms with Crippen molar-refractivity contribution >= 4 is 30.6 Å². The number of rotatable bonds is 2. The molecule has 0 bridgehead atoms. The standard InChI is InChI=1S/C16H24N4O4S/c1-16(2,3)24-15(22)19-6-4-10(5-7-19)13-17-18-14(23-13)20-9-11(25)8-12(20)21/h10-11,25H,4-9H2,1-3H3. The molecule has 0 spiro atoms. The molecule has 2 saturated heterocycles. The molecule has 2 fully saturated rings. The van der Waals surface area contributed by atoms with Crippen molar-refractivity contribution in [1.82, 2.24) is 15.1 Å². The predicted octanol–water partition coefficient (Wildman–Crippen LogP) is 2.22. The fourth-order valence-electron chi connectivity index (χ4n) is 3.01. The molecule has 9 heteroatoms. The van der Waals surface area contributed by atoms with Gasteiger partial charge in [-0.2, -0.15) is 12.6 Å². The van der Waals surface area contributed by atoms with Crippen molar-refractivity contribution in [2.45, 2.75) is 56.8 Å². The van der Waals surface area contributed by atoms with Crippen LogP contribution in [0.2, 0.25) is 0 Å². The smallest absolute Gasteiger partial charge is 0.410 e. The van der Waals surface area contributed by atoms with Crippen LogP contribution in [0.5, 0.6) is 0 Å². The Morgan fingerprint density at radius 1 is 1.28 bits per heavy atom. The van der Waals surface area contributed by atoms with Crippen LogP contribution in [0, 0.1) is 0 Å². The number of carbonyl (C=O) groups excluding carboxylic acids is 2. The zero-order valence-corrected chi connectivity index (χ0v) is 15.7. The Morgan fingerprint density at radius 2 is 1.96 bits per heavy atom. The van der Waals surface area contributed by atoms with E-state index in [-0.39, 0.29) is 29.2 Å². The minimum Gasteiger partial charge on any atom is -0.444 e. The molecule has 2 aliphatic rings. The summed E-state index contributed by atoms with van der Waals surface area (Å²) in [6.07, 6.45) is 1.54. The maximum absolute atomic E-state index is 12.1. The normalized spacial score (nSPS) is 22.6. The minimum atomic E-state index is -0.498. The molecular weight excluding hydrogens is 344 g/mol. The van der Waals surface area contributed by atoms with E-state index in [1.54, 1.807) is 4.90 Å². The number of hydrogen-bond acceptors (Lipinski definition) is 7. The maximum atomic E-state index is 12.1. The van der Waals surface area contributed by atoms with Gasteiger partial charge in [0.15, 0.2) is 0 Å². The van der Waals surface area contributed by atoms with Crippen LogP contribution in [0.25, 0.3) is 0 Å². The number of hydrogen-bond donors (Lipinski definition) is 1. The Kier molecular flexibility index (Phi) is 4.95. The van der Waals surface area contributed by atoms with E-state index < -0.39 is 5.60 Å². The molecule has 1 atom stereocenters. The van der Waals surface area contributed by atoms with Crippen molar-refractivity contribution in [3.63, 3.8) is 0 Å². The highest BCUT2D eigenvalue weighted by Gasteiger charge is 2.34. The third-order valence-corrected chi connectivity index (χ3v) is 4.61. The Hall–Kier alpha value is -1.77. The Bertz CT molecular complexity index is 649. The van der Waals surface area contributed by atoms with Gasteiger partial charge in [-0.3, -0.25) is 9.69 Å². The van der Waals surface area contributed by atoms with E-state index in [1.807, 2.05) is 20.8 Å². The van der Waals surface area contributed by atoms with Gasteiger partial charge in [0.1, 0.15) is 5.60 Å². The molecule has 0 aliphatic carbocycles. The quantitative estimate of drug-likeness (QED) is 0.805. The lowest BCUT2D eigenvalue weighted by Crippen LogP contribution is -2.41. The Labute approximate surface area is 152 Å². The number of likely N-dealkylation sites (tertiary alicyclic amines) is 1. The van der Waals surface area contributed by atoms with Crippen molar-refractivity contribution in [2.75, 3.05) is 24.5 Å². The van der Waals surface area contributed by atoms with Gasteiger partial charge < -0.3 is 14.1 Å². The molecule has 0 radical (unpaired) electrons. The summed E-state index contributed by atoms with van der Waals surface area (Å²) in [5, 5.41) is 8.11. The second-order valence-corrected chi connectivity index (χ2v) is 8.26. The van der Waals surface area contributed by atoms with Crippen molar-refractivity contribution in [3.8, 4) is 0 Å². The third kappa shape index (κ3) is 4.26. The van der Waals surface area contributed by atoms with Gasteiger partial charge in [0.2, 0.25) is 11.8 Å². The van der Waals surface area contributed by atoms with Gasteiger partial charge in [-0.25, -0.2) is 4.79 Å². The molecule has 3 heterocycles. The zero-order valence-electron chi connectivity index (χ0n) is 14.8. The fourth-order valence-corrected chi connectivity index (χ4v) is 3.33. The summed E-state index contributed by atoms with van der Waals surface area (Å²) in [5.41, 5.74) is -0.498. The molecule has 1 aromatic rings. The molecule has 8 nitrogen and oxygen atoms in total. The summed E-state index contributed by atoms with van der Waals surface area (Å²) in [7, 11) is 0. The number of thiol groups is 1. The van der Waals surface area contributed by atoms with E-state index in [0.29, 0.717) is 31.9 Å². The van der Waals surface area contributed by atoms with Crippen LogP contribution in [0.3, 0.4) is 0 Å². The zero-order chi connectivity index (χ0) is 18.2. The molecule has 0 N–H and O–H groups in total.